The molecule has 21 heteroatoms. The number of hydrogen-bond donors (Lipinski definition) is 0. The van der Waals surface area contributed by atoms with E-state index in [2.05, 4.69) is 199 Å². The molecular formula is C82H98N7O5P7S2. The second-order valence-electron chi connectivity index (χ2n) is 29.4. The van der Waals surface area contributed by atoms with Crippen LogP contribution in [0.25, 0.3) is 0 Å². The molecule has 0 spiro atoms. The number of rotatable bonds is 12. The highest BCUT2D eigenvalue weighted by Gasteiger charge is 2.57. The molecule has 0 bridgehead atoms. The normalized spacial score (nSPS) is 24.1. The molecule has 16 rings (SSSR count). The lowest BCUT2D eigenvalue weighted by molar-refractivity contribution is 0.457. The van der Waals surface area contributed by atoms with Crippen molar-refractivity contribution in [2.45, 2.75) is 118 Å². The van der Waals surface area contributed by atoms with E-state index in [1.807, 2.05) is 106 Å². The van der Waals surface area contributed by atoms with Crippen molar-refractivity contribution in [2.24, 2.45) is 0 Å². The Labute approximate surface area is 622 Å². The minimum atomic E-state index is -3.35. The first kappa shape index (κ1) is 74.5. The van der Waals surface area contributed by atoms with E-state index in [9.17, 15) is 9.13 Å². The Morgan fingerprint density at radius 2 is 0.495 bits per heavy atom. The third-order valence-electron chi connectivity index (χ3n) is 22.6. The SMILES string of the molecule is CCN(CC)P1(=O)c2cc(C)cc3c2N2c4c(cc(C)cc4P(=O)(N(CC)CC)c4cc(C)cc1c42)P3(C)=O.CCN(CC)P1(=O)c2cc(C)ccc2N2c3ccc(C)cc3P(C)(=O)c3cc(C)cc1c32.CCN(CC)P1(=S)c2cc(C)ccc2N2c3ccc(C)cc3P(C)(=S)c3cc(C)cc1c32. The van der Waals surface area contributed by atoms with E-state index in [0.29, 0.717) is 39.3 Å². The monoisotopic (exact) mass is 1540 g/mol. The second kappa shape index (κ2) is 26.2. The van der Waals surface area contributed by atoms with Gasteiger partial charge < -0.3 is 23.8 Å². The zero-order valence-electron chi connectivity index (χ0n) is 63.5. The van der Waals surface area contributed by atoms with Crippen LogP contribution in [0.3, 0.4) is 0 Å². The summed E-state index contributed by atoms with van der Waals surface area (Å²) in [5, 5.41) is 13.2. The summed E-state index contributed by atoms with van der Waals surface area (Å²) in [6, 6.07) is 45.3. The average molecular weight is 1540 g/mol. The number of benzene rings is 9. The van der Waals surface area contributed by atoms with E-state index in [4.69, 9.17) is 23.6 Å². The van der Waals surface area contributed by atoms with Crippen LogP contribution in [0.2, 0.25) is 0 Å². The lowest BCUT2D eigenvalue weighted by Crippen LogP contribution is -2.53. The first-order chi connectivity index (χ1) is 48.7. The quantitative estimate of drug-likeness (QED) is 0.108. The molecule has 7 aliphatic heterocycles. The van der Waals surface area contributed by atoms with E-state index in [1.165, 1.54) is 55.0 Å². The third kappa shape index (κ3) is 10.5. The minimum absolute atomic E-state index is 0.609. The van der Waals surface area contributed by atoms with Crippen LogP contribution in [-0.4, -0.2) is 91.0 Å². The van der Waals surface area contributed by atoms with E-state index in [-0.39, 0.29) is 0 Å². The molecule has 103 heavy (non-hydrogen) atoms. The predicted molar refractivity (Wildman–Crippen MR) is 457 cm³/mol. The highest BCUT2D eigenvalue weighted by atomic mass is 32.4. The van der Waals surface area contributed by atoms with Crippen LogP contribution in [0.1, 0.15) is 105 Å². The van der Waals surface area contributed by atoms with Gasteiger partial charge >= 0.3 is 0 Å². The molecule has 9 aromatic rings. The second-order valence-corrected chi connectivity index (χ2v) is 52.3. The smallest absolute Gasteiger partial charge is 0.211 e. The summed E-state index contributed by atoms with van der Waals surface area (Å²) in [4.78, 5) is 6.89. The number of nitrogens with zero attached hydrogens (tertiary/aromatic N) is 7. The Morgan fingerprint density at radius 3 is 0.864 bits per heavy atom. The third-order valence-corrected chi connectivity index (χ3v) is 46.6. The Balaban J connectivity index is 0.000000132. The lowest BCUT2D eigenvalue weighted by atomic mass is 10.1. The summed E-state index contributed by atoms with van der Waals surface area (Å²) in [7, 11) is -15.8. The maximum absolute atomic E-state index is 15.8. The highest BCUT2D eigenvalue weighted by Crippen LogP contribution is 2.68. The van der Waals surface area contributed by atoms with Crippen molar-refractivity contribution in [1.29, 1.82) is 0 Å². The average Bonchev–Trinajstić information content (AvgIpc) is 0.665. The lowest BCUT2D eigenvalue weighted by Gasteiger charge is -2.51. The van der Waals surface area contributed by atoms with E-state index in [1.54, 1.807) is 0 Å². The molecule has 0 amide bonds. The van der Waals surface area contributed by atoms with E-state index < -0.39 is 48.4 Å². The molecular weight excluding hydrogens is 1440 g/mol. The van der Waals surface area contributed by atoms with Crippen molar-refractivity contribution in [3.63, 3.8) is 0 Å². The van der Waals surface area contributed by atoms with Crippen LogP contribution >= 0.6 is 48.4 Å². The van der Waals surface area contributed by atoms with Crippen LogP contribution < -0.4 is 89.0 Å². The zero-order valence-corrected chi connectivity index (χ0v) is 71.4. The topological polar surface area (TPSA) is 108 Å². The molecule has 0 N–H and O–H groups in total. The number of anilines is 9. The van der Waals surface area contributed by atoms with Crippen LogP contribution in [0, 0.1) is 62.3 Å². The van der Waals surface area contributed by atoms with Gasteiger partial charge in [0.15, 0.2) is 0 Å². The van der Waals surface area contributed by atoms with Crippen molar-refractivity contribution in [3.05, 3.63) is 184 Å². The van der Waals surface area contributed by atoms with Gasteiger partial charge in [0, 0.05) is 101 Å². The Bertz CT molecular complexity index is 5210. The van der Waals surface area contributed by atoms with Gasteiger partial charge in [-0.1, -0.05) is 126 Å². The van der Waals surface area contributed by atoms with Gasteiger partial charge in [0.05, 0.1) is 89.2 Å². The van der Waals surface area contributed by atoms with Crippen LogP contribution in [0.4, 0.5) is 51.2 Å². The molecule has 6 unspecified atom stereocenters. The van der Waals surface area contributed by atoms with Crippen LogP contribution in [-0.2, 0) is 46.4 Å². The van der Waals surface area contributed by atoms with Crippen molar-refractivity contribution in [2.75, 3.05) is 87.1 Å². The van der Waals surface area contributed by atoms with Gasteiger partial charge in [-0.05, 0) is 219 Å². The number of fused-ring (bicyclic) bond motifs is 8. The van der Waals surface area contributed by atoms with Crippen LogP contribution in [0.5, 0.6) is 0 Å². The largest absolute Gasteiger partial charge is 0.314 e. The first-order valence-electron chi connectivity index (χ1n) is 36.5. The summed E-state index contributed by atoms with van der Waals surface area (Å²) in [6.45, 7) is 47.2. The van der Waals surface area contributed by atoms with Gasteiger partial charge in [-0.15, -0.1) is 0 Å². The molecule has 0 fully saturated rings. The summed E-state index contributed by atoms with van der Waals surface area (Å²) >= 11 is 13.2. The molecule has 0 radical (unpaired) electrons. The molecule has 538 valence electrons. The van der Waals surface area contributed by atoms with Gasteiger partial charge in [-0.25, -0.2) is 14.0 Å². The van der Waals surface area contributed by atoms with Crippen molar-refractivity contribution in [1.82, 2.24) is 18.7 Å². The standard InChI is InChI=1S/C30H38N3O3P3.C26H30N2O2P2.C26H30N2P2S2/c1-9-31(10-2)38(35)24-15-19(5)13-22-28(24)33-29-23(37(22,8)34)14-20(6)16-25(29)39(36,32(11-3)12-4)27-18-21(7)17-26(38)30(27)33;1-7-27(8-2)32(30)23-14-18(4)10-12-21(23)28-20-11-9-17(3)13-22(20)31(6,29)24-15-19(5)16-25(32)26(24)28;1-7-27(8-2)30(32)23-14-18(4)10-12-21(23)28-20-11-9-17(3)13-22(20)29(6,31)24-15-19(5)16-25(30)26(24)28/h13-18H,9-12H2,1-8H3;2*9-16H,7-8H2,1-6H3. The number of hydrogen-bond acceptors (Lipinski definition) is 10. The van der Waals surface area contributed by atoms with Gasteiger partial charge in [0.2, 0.25) is 21.9 Å². The van der Waals surface area contributed by atoms with Crippen molar-refractivity contribution < 1.29 is 22.8 Å². The Hall–Kier alpha value is -5.33. The molecule has 6 atom stereocenters. The molecule has 0 saturated carbocycles. The predicted octanol–water partition coefficient (Wildman–Crippen LogP) is 15.8. The molecule has 9 aromatic carbocycles. The minimum Gasteiger partial charge on any atom is -0.314 e. The van der Waals surface area contributed by atoms with Crippen LogP contribution in [0.15, 0.2) is 133 Å². The highest BCUT2D eigenvalue weighted by molar-refractivity contribution is 8.22. The van der Waals surface area contributed by atoms with Crippen molar-refractivity contribution in [3.8, 4) is 0 Å². The fourth-order valence-corrected chi connectivity index (χ4v) is 41.4. The Kier molecular flexibility index (Phi) is 19.0. The maximum Gasteiger partial charge on any atom is 0.211 e. The first-order valence-corrected chi connectivity index (χ1v) is 51.8. The molecule has 0 aromatic heterocycles. The van der Waals surface area contributed by atoms with E-state index in [0.717, 1.165) is 134 Å². The zero-order chi connectivity index (χ0) is 74.2. The molecule has 7 heterocycles. The molecule has 0 saturated heterocycles. The fourth-order valence-electron chi connectivity index (χ4n) is 17.7. The maximum atomic E-state index is 15.8. The molecule has 12 nitrogen and oxygen atoms in total. The van der Waals surface area contributed by atoms with Gasteiger partial charge in [-0.3, -0.25) is 18.4 Å². The molecule has 0 aliphatic carbocycles. The summed E-state index contributed by atoms with van der Waals surface area (Å²) in [6.07, 6.45) is -2.18. The molecule has 7 aliphatic rings. The Morgan fingerprint density at radius 1 is 0.262 bits per heavy atom. The summed E-state index contributed by atoms with van der Waals surface area (Å²) in [5.41, 5.74) is 18.7. The van der Waals surface area contributed by atoms with Gasteiger partial charge in [0.25, 0.3) is 0 Å². The van der Waals surface area contributed by atoms with Gasteiger partial charge in [-0.2, -0.15) is 0 Å². The van der Waals surface area contributed by atoms with E-state index >= 15 is 13.7 Å². The fraction of sp³-hybridized carbons (Fsp3) is 0.341. The number of aryl methyl sites for hydroxylation is 9. The van der Waals surface area contributed by atoms with Crippen molar-refractivity contribution >= 4 is 197 Å². The van der Waals surface area contributed by atoms with Gasteiger partial charge in [0.1, 0.15) is 14.3 Å². The summed E-state index contributed by atoms with van der Waals surface area (Å²) < 4.78 is 84.8. The summed E-state index contributed by atoms with van der Waals surface area (Å²) in [5.74, 6) is 0.